The molecule has 0 unspecified atom stereocenters. The Morgan fingerprint density at radius 1 is 0.644 bits per heavy atom. The van der Waals surface area contributed by atoms with E-state index in [9.17, 15) is 0 Å². The molecule has 45 heavy (non-hydrogen) atoms. The van der Waals surface area contributed by atoms with E-state index >= 15 is 0 Å². The van der Waals surface area contributed by atoms with E-state index in [1.165, 1.54) is 77.6 Å². The summed E-state index contributed by atoms with van der Waals surface area (Å²) < 4.78 is 9.43. The lowest BCUT2D eigenvalue weighted by Crippen LogP contribution is -2.58. The van der Waals surface area contributed by atoms with Crippen molar-refractivity contribution in [2.75, 3.05) is 4.90 Å². The van der Waals surface area contributed by atoms with E-state index in [2.05, 4.69) is 152 Å². The minimum Gasteiger partial charge on any atom is -0.458 e. The third-order valence-corrected chi connectivity index (χ3v) is 10.2. The van der Waals surface area contributed by atoms with E-state index in [4.69, 9.17) is 4.74 Å². The van der Waals surface area contributed by atoms with Crippen LogP contribution in [0.3, 0.4) is 0 Å². The van der Waals surface area contributed by atoms with E-state index in [-0.39, 0.29) is 12.1 Å². The molecule has 4 heteroatoms. The second-order valence-electron chi connectivity index (χ2n) is 13.8. The van der Waals surface area contributed by atoms with Gasteiger partial charge in [-0.05, 0) is 81.5 Å². The zero-order valence-electron chi connectivity index (χ0n) is 25.6. The van der Waals surface area contributed by atoms with Crippen LogP contribution in [0, 0.1) is 0 Å². The first-order valence-electron chi connectivity index (χ1n) is 15.9. The van der Waals surface area contributed by atoms with Gasteiger partial charge in [-0.3, -0.25) is 0 Å². The molecule has 0 spiro atoms. The van der Waals surface area contributed by atoms with Gasteiger partial charge in [0, 0.05) is 45.5 Å². The third kappa shape index (κ3) is 3.32. The Bertz CT molecular complexity index is 2350. The summed E-state index contributed by atoms with van der Waals surface area (Å²) in [6, 6.07) is 44.8. The van der Waals surface area contributed by atoms with Crippen molar-refractivity contribution in [1.29, 1.82) is 0 Å². The van der Waals surface area contributed by atoms with Gasteiger partial charge < -0.3 is 14.2 Å². The van der Waals surface area contributed by atoms with Crippen molar-refractivity contribution < 1.29 is 4.74 Å². The minimum atomic E-state index is -0.0938. The van der Waals surface area contributed by atoms with E-state index in [0.29, 0.717) is 0 Å². The SMILES string of the molecule is CC(C)(C)c1cc2c3ccccc3n3c2c2c1Oc1ccccc1B2c1cc(N2c4ccccc4Cc4ccccc42)ccc1-3. The largest absolute Gasteiger partial charge is 0.458 e. The molecule has 0 atom stereocenters. The van der Waals surface area contributed by atoms with Crippen LogP contribution in [0.2, 0.25) is 0 Å². The fraction of sp³-hybridized carbons (Fsp3) is 0.122. The van der Waals surface area contributed by atoms with Crippen LogP contribution in [0.25, 0.3) is 27.5 Å². The van der Waals surface area contributed by atoms with Crippen LogP contribution in [-0.4, -0.2) is 11.3 Å². The maximum absolute atomic E-state index is 6.93. The Hall–Kier alpha value is -5.22. The Labute approximate surface area is 263 Å². The number of hydrogen-bond acceptors (Lipinski definition) is 2. The third-order valence-electron chi connectivity index (χ3n) is 10.2. The molecule has 0 amide bonds. The average Bonchev–Trinajstić information content (AvgIpc) is 3.40. The lowest BCUT2D eigenvalue weighted by molar-refractivity contribution is 0.460. The molecule has 3 nitrogen and oxygen atoms in total. The van der Waals surface area contributed by atoms with Crippen LogP contribution in [0.4, 0.5) is 17.1 Å². The van der Waals surface area contributed by atoms with Gasteiger partial charge in [-0.1, -0.05) is 93.6 Å². The van der Waals surface area contributed by atoms with Gasteiger partial charge in [0.2, 0.25) is 0 Å². The summed E-state index contributed by atoms with van der Waals surface area (Å²) in [7, 11) is 0. The fourth-order valence-electron chi connectivity index (χ4n) is 8.21. The van der Waals surface area contributed by atoms with Gasteiger partial charge in [0.15, 0.2) is 0 Å². The molecule has 0 saturated carbocycles. The molecular formula is C41H31BN2O. The first-order valence-corrected chi connectivity index (χ1v) is 15.9. The molecular weight excluding hydrogens is 547 g/mol. The minimum absolute atomic E-state index is 0.0526. The van der Waals surface area contributed by atoms with E-state index in [0.717, 1.165) is 17.9 Å². The smallest absolute Gasteiger partial charge is 0.256 e. The number of aromatic nitrogens is 1. The summed E-state index contributed by atoms with van der Waals surface area (Å²) in [6.45, 7) is 6.96. The predicted octanol–water partition coefficient (Wildman–Crippen LogP) is 8.39. The van der Waals surface area contributed by atoms with Gasteiger partial charge >= 0.3 is 0 Å². The molecule has 214 valence electrons. The Kier molecular flexibility index (Phi) is 4.86. The summed E-state index contributed by atoms with van der Waals surface area (Å²) >= 11 is 0. The highest BCUT2D eigenvalue weighted by molar-refractivity contribution is 6.99. The summed E-state index contributed by atoms with van der Waals surface area (Å²) in [5, 5.41) is 2.59. The summed E-state index contributed by atoms with van der Waals surface area (Å²) in [5.74, 6) is 1.97. The normalized spacial score (nSPS) is 14.1. The maximum Gasteiger partial charge on any atom is 0.256 e. The van der Waals surface area contributed by atoms with Crippen LogP contribution < -0.4 is 26.0 Å². The van der Waals surface area contributed by atoms with Gasteiger partial charge in [0.05, 0.1) is 11.0 Å². The Morgan fingerprint density at radius 3 is 2.11 bits per heavy atom. The van der Waals surface area contributed by atoms with Gasteiger partial charge in [-0.25, -0.2) is 0 Å². The Morgan fingerprint density at radius 2 is 1.33 bits per heavy atom. The molecule has 10 rings (SSSR count). The van der Waals surface area contributed by atoms with Crippen LogP contribution >= 0.6 is 0 Å². The van der Waals surface area contributed by atoms with Crippen molar-refractivity contribution in [3.63, 3.8) is 0 Å². The molecule has 1 aromatic heterocycles. The number of nitrogens with zero attached hydrogens (tertiary/aromatic N) is 2. The van der Waals surface area contributed by atoms with Gasteiger partial charge in [-0.2, -0.15) is 0 Å². The van der Waals surface area contributed by atoms with Crippen molar-refractivity contribution in [2.45, 2.75) is 32.6 Å². The zero-order chi connectivity index (χ0) is 30.0. The van der Waals surface area contributed by atoms with Crippen molar-refractivity contribution >= 4 is 62.0 Å². The molecule has 4 heterocycles. The number of rotatable bonds is 1. The Balaban J connectivity index is 1.33. The highest BCUT2D eigenvalue weighted by Crippen LogP contribution is 2.46. The first-order chi connectivity index (χ1) is 22.0. The number of benzene rings is 6. The van der Waals surface area contributed by atoms with Crippen LogP contribution in [0.15, 0.2) is 121 Å². The monoisotopic (exact) mass is 578 g/mol. The second-order valence-corrected chi connectivity index (χ2v) is 13.8. The second kappa shape index (κ2) is 8.70. The van der Waals surface area contributed by atoms with Crippen molar-refractivity contribution in [3.8, 4) is 17.2 Å². The maximum atomic E-state index is 6.93. The molecule has 3 aliphatic rings. The number of ether oxygens (including phenoxy) is 1. The van der Waals surface area contributed by atoms with E-state index in [1.54, 1.807) is 0 Å². The molecule has 0 N–H and O–H groups in total. The standard InChI is InChI=1S/C41H31BN2O/c1-41(2,3)30-24-29-28-14-6-10-18-35(28)44-36-21-20-27(43-33-16-8-4-12-25(33)22-26-13-5-9-17-34(26)43)23-32(36)42-31-15-7-11-19-37(31)45-40(30)38(42)39(29)44/h4-21,23-24H,22H2,1-3H3. The van der Waals surface area contributed by atoms with Crippen LogP contribution in [0.5, 0.6) is 11.5 Å². The number of fused-ring (bicyclic) bond motifs is 10. The predicted molar refractivity (Wildman–Crippen MR) is 188 cm³/mol. The number of para-hydroxylation sites is 4. The highest BCUT2D eigenvalue weighted by atomic mass is 16.5. The van der Waals surface area contributed by atoms with Crippen LogP contribution in [-0.2, 0) is 11.8 Å². The average molecular weight is 579 g/mol. The fourth-order valence-corrected chi connectivity index (χ4v) is 8.21. The summed E-state index contributed by atoms with van der Waals surface area (Å²) in [5.41, 5.74) is 15.1. The summed E-state index contributed by atoms with van der Waals surface area (Å²) in [4.78, 5) is 2.46. The molecule has 7 aromatic rings. The van der Waals surface area contributed by atoms with Crippen molar-refractivity contribution in [3.05, 3.63) is 138 Å². The first kappa shape index (κ1) is 25.1. The molecule has 0 aliphatic carbocycles. The molecule has 0 radical (unpaired) electrons. The topological polar surface area (TPSA) is 17.4 Å². The lowest BCUT2D eigenvalue weighted by Gasteiger charge is -2.37. The highest BCUT2D eigenvalue weighted by Gasteiger charge is 2.43. The van der Waals surface area contributed by atoms with Gasteiger partial charge in [0.25, 0.3) is 6.71 Å². The van der Waals surface area contributed by atoms with Crippen molar-refractivity contribution in [1.82, 2.24) is 4.57 Å². The molecule has 3 aliphatic heterocycles. The van der Waals surface area contributed by atoms with Gasteiger partial charge in [0.1, 0.15) is 11.5 Å². The molecule has 0 saturated heterocycles. The molecule has 6 aromatic carbocycles. The zero-order valence-corrected chi connectivity index (χ0v) is 25.6. The number of anilines is 3. The molecule has 0 fully saturated rings. The van der Waals surface area contributed by atoms with E-state index < -0.39 is 0 Å². The molecule has 0 bridgehead atoms. The summed E-state index contributed by atoms with van der Waals surface area (Å²) in [6.07, 6.45) is 0.945. The van der Waals surface area contributed by atoms with Gasteiger partial charge in [-0.15, -0.1) is 0 Å². The lowest BCUT2D eigenvalue weighted by atomic mass is 9.34. The quantitative estimate of drug-likeness (QED) is 0.182. The van der Waals surface area contributed by atoms with Crippen molar-refractivity contribution in [2.24, 2.45) is 0 Å². The van der Waals surface area contributed by atoms with Crippen LogP contribution in [0.1, 0.15) is 37.5 Å². The van der Waals surface area contributed by atoms with E-state index in [1.807, 2.05) is 0 Å². The number of hydrogen-bond donors (Lipinski definition) is 0.